The van der Waals surface area contributed by atoms with Crippen LogP contribution >= 0.6 is 0 Å². The van der Waals surface area contributed by atoms with Gasteiger partial charge in [0.05, 0.1) is 5.60 Å². The van der Waals surface area contributed by atoms with E-state index in [9.17, 15) is 9.90 Å². The van der Waals surface area contributed by atoms with E-state index in [1.54, 1.807) is 0 Å². The first-order valence-electron chi connectivity index (χ1n) is 5.99. The van der Waals surface area contributed by atoms with Crippen LogP contribution < -0.4 is 5.32 Å². The molecule has 0 saturated heterocycles. The third kappa shape index (κ3) is 3.52. The summed E-state index contributed by atoms with van der Waals surface area (Å²) in [4.78, 5) is 15.3. The van der Waals surface area contributed by atoms with Crippen LogP contribution in [0.5, 0.6) is 0 Å². The molecule has 1 fully saturated rings. The van der Waals surface area contributed by atoms with Crippen molar-refractivity contribution in [2.45, 2.75) is 44.2 Å². The molecule has 1 saturated carbocycles. The van der Waals surface area contributed by atoms with E-state index in [0.29, 0.717) is 6.54 Å². The van der Waals surface area contributed by atoms with E-state index < -0.39 is 5.60 Å². The number of nitrogens with one attached hydrogen (secondary N) is 1. The van der Waals surface area contributed by atoms with Crippen molar-refractivity contribution in [2.24, 2.45) is 0 Å². The molecule has 0 bridgehead atoms. The van der Waals surface area contributed by atoms with E-state index in [2.05, 4.69) is 15.4 Å². The predicted molar refractivity (Wildman–Crippen MR) is 61.1 cm³/mol. The zero-order valence-electron chi connectivity index (χ0n) is 9.80. The SMILES string of the molecule is O=C(Cn1cncn1)NCC1(O)CCCCC1. The second kappa shape index (κ2) is 5.27. The van der Waals surface area contributed by atoms with E-state index in [4.69, 9.17) is 0 Å². The average molecular weight is 238 g/mol. The Labute approximate surface area is 100 Å². The number of carbonyl (C=O) groups excluding carboxylic acids is 1. The van der Waals surface area contributed by atoms with E-state index in [1.807, 2.05) is 0 Å². The van der Waals surface area contributed by atoms with Crippen molar-refractivity contribution in [2.75, 3.05) is 6.54 Å². The molecular formula is C11H18N4O2. The summed E-state index contributed by atoms with van der Waals surface area (Å²) < 4.78 is 1.46. The molecule has 0 aromatic carbocycles. The zero-order chi connectivity index (χ0) is 12.1. The quantitative estimate of drug-likeness (QED) is 0.779. The summed E-state index contributed by atoms with van der Waals surface area (Å²) >= 11 is 0. The van der Waals surface area contributed by atoms with Crippen molar-refractivity contribution < 1.29 is 9.90 Å². The van der Waals surface area contributed by atoms with Gasteiger partial charge in [0.2, 0.25) is 5.91 Å². The number of hydrogen-bond donors (Lipinski definition) is 2. The molecule has 1 aromatic rings. The van der Waals surface area contributed by atoms with Crippen molar-refractivity contribution in [1.82, 2.24) is 20.1 Å². The maximum atomic E-state index is 11.6. The summed E-state index contributed by atoms with van der Waals surface area (Å²) in [5.41, 5.74) is -0.712. The highest BCUT2D eigenvalue weighted by molar-refractivity contribution is 5.75. The van der Waals surface area contributed by atoms with E-state index in [0.717, 1.165) is 25.7 Å². The summed E-state index contributed by atoms with van der Waals surface area (Å²) in [6.45, 7) is 0.483. The van der Waals surface area contributed by atoms with Crippen LogP contribution in [0.3, 0.4) is 0 Å². The minimum atomic E-state index is -0.712. The molecule has 2 rings (SSSR count). The fourth-order valence-electron chi connectivity index (χ4n) is 2.17. The lowest BCUT2D eigenvalue weighted by molar-refractivity contribution is -0.123. The highest BCUT2D eigenvalue weighted by Crippen LogP contribution is 2.27. The molecular weight excluding hydrogens is 220 g/mol. The Morgan fingerprint density at radius 2 is 2.18 bits per heavy atom. The Bertz CT molecular complexity index is 358. The second-order valence-corrected chi connectivity index (χ2v) is 4.65. The number of aliphatic hydroxyl groups is 1. The van der Waals surface area contributed by atoms with Crippen molar-refractivity contribution in [1.29, 1.82) is 0 Å². The molecule has 1 aromatic heterocycles. The summed E-state index contributed by atoms with van der Waals surface area (Å²) in [7, 11) is 0. The Morgan fingerprint density at radius 1 is 1.41 bits per heavy atom. The third-order valence-corrected chi connectivity index (χ3v) is 3.17. The van der Waals surface area contributed by atoms with Gasteiger partial charge in [-0.25, -0.2) is 9.67 Å². The summed E-state index contributed by atoms with van der Waals surface area (Å²) in [5, 5.41) is 16.8. The largest absolute Gasteiger partial charge is 0.388 e. The zero-order valence-corrected chi connectivity index (χ0v) is 9.80. The molecule has 0 aliphatic heterocycles. The van der Waals surface area contributed by atoms with Gasteiger partial charge in [0.15, 0.2) is 0 Å². The van der Waals surface area contributed by atoms with Crippen LogP contribution in [-0.2, 0) is 11.3 Å². The van der Waals surface area contributed by atoms with Gasteiger partial charge >= 0.3 is 0 Å². The normalized spacial score (nSPS) is 18.9. The first-order valence-corrected chi connectivity index (χ1v) is 5.99. The minimum Gasteiger partial charge on any atom is -0.388 e. The van der Waals surface area contributed by atoms with E-state index in [-0.39, 0.29) is 12.5 Å². The first-order chi connectivity index (χ1) is 8.18. The Morgan fingerprint density at radius 3 is 2.82 bits per heavy atom. The van der Waals surface area contributed by atoms with Gasteiger partial charge < -0.3 is 10.4 Å². The van der Waals surface area contributed by atoms with Crippen molar-refractivity contribution in [3.05, 3.63) is 12.7 Å². The number of amides is 1. The molecule has 0 unspecified atom stereocenters. The second-order valence-electron chi connectivity index (χ2n) is 4.65. The Kier molecular flexibility index (Phi) is 3.73. The summed E-state index contributed by atoms with van der Waals surface area (Å²) in [6, 6.07) is 0. The van der Waals surface area contributed by atoms with Crippen LogP contribution in [0.4, 0.5) is 0 Å². The van der Waals surface area contributed by atoms with Gasteiger partial charge in [-0.3, -0.25) is 4.79 Å². The molecule has 1 amide bonds. The predicted octanol–water partition coefficient (Wildman–Crippen LogP) is 0.0895. The monoisotopic (exact) mass is 238 g/mol. The molecule has 0 radical (unpaired) electrons. The van der Waals surface area contributed by atoms with Crippen LogP contribution in [0.2, 0.25) is 0 Å². The van der Waals surface area contributed by atoms with Crippen molar-refractivity contribution >= 4 is 5.91 Å². The molecule has 6 nitrogen and oxygen atoms in total. The van der Waals surface area contributed by atoms with E-state index >= 15 is 0 Å². The van der Waals surface area contributed by atoms with Gasteiger partial charge in [-0.2, -0.15) is 5.10 Å². The summed E-state index contributed by atoms with van der Waals surface area (Å²) in [6.07, 6.45) is 7.68. The molecule has 0 spiro atoms. The highest BCUT2D eigenvalue weighted by atomic mass is 16.3. The van der Waals surface area contributed by atoms with Crippen LogP contribution in [0, 0.1) is 0 Å². The average Bonchev–Trinajstić information content (AvgIpc) is 2.80. The van der Waals surface area contributed by atoms with Gasteiger partial charge in [0, 0.05) is 6.54 Å². The fraction of sp³-hybridized carbons (Fsp3) is 0.727. The van der Waals surface area contributed by atoms with Gasteiger partial charge in [-0.15, -0.1) is 0 Å². The fourth-order valence-corrected chi connectivity index (χ4v) is 2.17. The molecule has 2 N–H and O–H groups in total. The van der Waals surface area contributed by atoms with Crippen LogP contribution in [-0.4, -0.2) is 37.9 Å². The molecule has 1 heterocycles. The van der Waals surface area contributed by atoms with Gasteiger partial charge in [-0.1, -0.05) is 19.3 Å². The molecule has 94 valence electrons. The lowest BCUT2D eigenvalue weighted by atomic mass is 9.85. The lowest BCUT2D eigenvalue weighted by Gasteiger charge is -2.32. The molecule has 0 atom stereocenters. The maximum absolute atomic E-state index is 11.6. The minimum absolute atomic E-state index is 0.144. The number of hydrogen-bond acceptors (Lipinski definition) is 4. The number of nitrogens with zero attached hydrogens (tertiary/aromatic N) is 3. The van der Waals surface area contributed by atoms with Crippen molar-refractivity contribution in [3.8, 4) is 0 Å². The number of carbonyl (C=O) groups is 1. The van der Waals surface area contributed by atoms with Crippen LogP contribution in [0.25, 0.3) is 0 Å². The smallest absolute Gasteiger partial charge is 0.241 e. The maximum Gasteiger partial charge on any atom is 0.241 e. The lowest BCUT2D eigenvalue weighted by Crippen LogP contribution is -2.45. The molecule has 1 aliphatic rings. The van der Waals surface area contributed by atoms with Crippen LogP contribution in [0.1, 0.15) is 32.1 Å². The Balaban J connectivity index is 1.75. The summed E-state index contributed by atoms with van der Waals surface area (Å²) in [5.74, 6) is -0.144. The molecule has 1 aliphatic carbocycles. The third-order valence-electron chi connectivity index (χ3n) is 3.17. The van der Waals surface area contributed by atoms with E-state index in [1.165, 1.54) is 23.8 Å². The van der Waals surface area contributed by atoms with Gasteiger partial charge in [0.1, 0.15) is 19.2 Å². The topological polar surface area (TPSA) is 80.0 Å². The van der Waals surface area contributed by atoms with Crippen molar-refractivity contribution in [3.63, 3.8) is 0 Å². The Hall–Kier alpha value is -1.43. The number of rotatable bonds is 4. The highest BCUT2D eigenvalue weighted by Gasteiger charge is 2.29. The van der Waals surface area contributed by atoms with Gasteiger partial charge in [0.25, 0.3) is 0 Å². The molecule has 6 heteroatoms. The first kappa shape index (κ1) is 12.0. The standard InChI is InChI=1S/C11H18N4O2/c16-10(6-15-9-12-8-14-15)13-7-11(17)4-2-1-3-5-11/h8-9,17H,1-7H2,(H,13,16). The van der Waals surface area contributed by atoms with Gasteiger partial charge in [-0.05, 0) is 12.8 Å². The molecule has 17 heavy (non-hydrogen) atoms. The van der Waals surface area contributed by atoms with Crippen LogP contribution in [0.15, 0.2) is 12.7 Å². The number of aromatic nitrogens is 3.